The van der Waals surface area contributed by atoms with Gasteiger partial charge in [-0.3, -0.25) is 9.69 Å². The second-order valence-electron chi connectivity index (χ2n) is 7.80. The predicted molar refractivity (Wildman–Crippen MR) is 103 cm³/mol. The lowest BCUT2D eigenvalue weighted by Crippen LogP contribution is -2.39. The van der Waals surface area contributed by atoms with Crippen molar-refractivity contribution in [2.75, 3.05) is 23.7 Å². The average molecular weight is 436 g/mol. The molecule has 0 aliphatic carbocycles. The molecule has 2 amide bonds. The second kappa shape index (κ2) is 7.21. The molecule has 0 saturated carbocycles. The molecule has 1 saturated heterocycles. The molecular formula is C16H22ClN3O5S2. The summed E-state index contributed by atoms with van der Waals surface area (Å²) >= 11 is 1.36. The van der Waals surface area contributed by atoms with Crippen LogP contribution in [-0.2, 0) is 31.5 Å². The molecule has 1 unspecified atom stereocenters. The van der Waals surface area contributed by atoms with E-state index in [4.69, 9.17) is 15.4 Å². The van der Waals surface area contributed by atoms with Crippen LogP contribution in [0, 0.1) is 5.92 Å². The lowest BCUT2D eigenvalue weighted by molar-refractivity contribution is -0.117. The topological polar surface area (TPSA) is 96.9 Å². The van der Waals surface area contributed by atoms with Crippen molar-refractivity contribution in [1.29, 1.82) is 0 Å². The third-order valence-corrected chi connectivity index (χ3v) is 6.60. The van der Waals surface area contributed by atoms with Crippen molar-refractivity contribution < 1.29 is 22.7 Å². The number of nitrogens with zero attached hydrogens (tertiary/aromatic N) is 3. The van der Waals surface area contributed by atoms with Crippen LogP contribution < -0.4 is 4.90 Å². The van der Waals surface area contributed by atoms with E-state index in [0.717, 1.165) is 10.6 Å². The zero-order chi connectivity index (χ0) is 20.0. The highest BCUT2D eigenvalue weighted by molar-refractivity contribution is 8.13. The molecule has 11 heteroatoms. The summed E-state index contributed by atoms with van der Waals surface area (Å²) in [6, 6.07) is 0. The molecule has 0 N–H and O–H groups in total. The van der Waals surface area contributed by atoms with Crippen LogP contribution in [0.15, 0.2) is 0 Å². The summed E-state index contributed by atoms with van der Waals surface area (Å²) in [7, 11) is 1.66. The Balaban J connectivity index is 1.70. The van der Waals surface area contributed by atoms with Crippen LogP contribution >= 0.6 is 22.0 Å². The van der Waals surface area contributed by atoms with Gasteiger partial charge < -0.3 is 9.64 Å². The SMILES string of the molecule is CC(C)(C)OC(=O)N1CCc2nc(N3CC(CS(=O)(=O)Cl)CC3=O)sc2C1. The third-order valence-electron chi connectivity index (χ3n) is 4.24. The zero-order valence-corrected chi connectivity index (χ0v) is 17.8. The van der Waals surface area contributed by atoms with Gasteiger partial charge in [-0.05, 0) is 20.8 Å². The Bertz CT molecular complexity index is 862. The highest BCUT2D eigenvalue weighted by Crippen LogP contribution is 2.34. The molecule has 0 spiro atoms. The fraction of sp³-hybridized carbons (Fsp3) is 0.688. The Morgan fingerprint density at radius 3 is 2.74 bits per heavy atom. The van der Waals surface area contributed by atoms with Crippen molar-refractivity contribution in [3.8, 4) is 0 Å². The summed E-state index contributed by atoms with van der Waals surface area (Å²) in [6.07, 6.45) is 0.361. The molecule has 27 heavy (non-hydrogen) atoms. The molecule has 0 radical (unpaired) electrons. The maximum Gasteiger partial charge on any atom is 0.410 e. The number of fused-ring (bicyclic) bond motifs is 1. The minimum atomic E-state index is -3.65. The number of aromatic nitrogens is 1. The van der Waals surface area contributed by atoms with Crippen molar-refractivity contribution in [3.63, 3.8) is 0 Å². The second-order valence-corrected chi connectivity index (χ2v) is 11.7. The molecule has 1 atom stereocenters. The smallest absolute Gasteiger partial charge is 0.410 e. The molecule has 150 valence electrons. The number of thiazole rings is 1. The van der Waals surface area contributed by atoms with Crippen LogP contribution in [0.4, 0.5) is 9.93 Å². The summed E-state index contributed by atoms with van der Waals surface area (Å²) in [4.78, 5) is 33.2. The number of hydrogen-bond donors (Lipinski definition) is 0. The molecule has 0 bridgehead atoms. The van der Waals surface area contributed by atoms with Gasteiger partial charge in [-0.25, -0.2) is 18.2 Å². The van der Waals surface area contributed by atoms with Gasteiger partial charge in [-0.2, -0.15) is 0 Å². The van der Waals surface area contributed by atoms with Gasteiger partial charge in [0.25, 0.3) is 0 Å². The van der Waals surface area contributed by atoms with E-state index in [1.54, 1.807) is 4.90 Å². The van der Waals surface area contributed by atoms with Gasteiger partial charge >= 0.3 is 6.09 Å². The number of rotatable bonds is 3. The Labute approximate surface area is 166 Å². The highest BCUT2D eigenvalue weighted by Gasteiger charge is 2.36. The van der Waals surface area contributed by atoms with Crippen molar-refractivity contribution in [1.82, 2.24) is 9.88 Å². The first-order chi connectivity index (χ1) is 12.4. The number of carbonyl (C=O) groups excluding carboxylic acids is 2. The lowest BCUT2D eigenvalue weighted by Gasteiger charge is -2.29. The molecule has 8 nitrogen and oxygen atoms in total. The maximum atomic E-state index is 12.3. The van der Waals surface area contributed by atoms with Crippen molar-refractivity contribution in [3.05, 3.63) is 10.6 Å². The van der Waals surface area contributed by atoms with Crippen molar-refractivity contribution in [2.45, 2.75) is 45.8 Å². The average Bonchev–Trinajstić information content (AvgIpc) is 3.05. The molecule has 1 aromatic rings. The zero-order valence-electron chi connectivity index (χ0n) is 15.4. The number of halogens is 1. The van der Waals surface area contributed by atoms with E-state index in [9.17, 15) is 18.0 Å². The Morgan fingerprint density at radius 2 is 2.11 bits per heavy atom. The van der Waals surface area contributed by atoms with E-state index in [-0.39, 0.29) is 36.6 Å². The lowest BCUT2D eigenvalue weighted by atomic mass is 10.1. The first-order valence-corrected chi connectivity index (χ1v) is 11.9. The van der Waals surface area contributed by atoms with Crippen LogP contribution in [-0.4, -0.2) is 54.7 Å². The first-order valence-electron chi connectivity index (χ1n) is 8.60. The van der Waals surface area contributed by atoms with Crippen LogP contribution in [0.2, 0.25) is 0 Å². The van der Waals surface area contributed by atoms with E-state index in [2.05, 4.69) is 4.98 Å². The quantitative estimate of drug-likeness (QED) is 0.676. The van der Waals surface area contributed by atoms with Gasteiger partial charge in [0.1, 0.15) is 5.60 Å². The van der Waals surface area contributed by atoms with Gasteiger partial charge in [0, 0.05) is 47.4 Å². The summed E-state index contributed by atoms with van der Waals surface area (Å²) in [6.45, 7) is 6.65. The molecule has 1 aromatic heterocycles. The van der Waals surface area contributed by atoms with E-state index in [1.165, 1.54) is 16.2 Å². The molecule has 3 rings (SSSR count). The molecule has 2 aliphatic rings. The molecule has 0 aromatic carbocycles. The van der Waals surface area contributed by atoms with Crippen LogP contribution in [0.5, 0.6) is 0 Å². The fourth-order valence-electron chi connectivity index (χ4n) is 3.14. The summed E-state index contributed by atoms with van der Waals surface area (Å²) in [5.41, 5.74) is 0.312. The number of amides is 2. The molecule has 3 heterocycles. The summed E-state index contributed by atoms with van der Waals surface area (Å²) < 4.78 is 28.0. The third kappa shape index (κ3) is 5.11. The van der Waals surface area contributed by atoms with Crippen LogP contribution in [0.1, 0.15) is 37.8 Å². The Kier molecular flexibility index (Phi) is 5.44. The first kappa shape index (κ1) is 20.3. The van der Waals surface area contributed by atoms with Gasteiger partial charge in [-0.1, -0.05) is 11.3 Å². The summed E-state index contributed by atoms with van der Waals surface area (Å²) in [5, 5.41) is 0.547. The van der Waals surface area contributed by atoms with Gasteiger partial charge in [0.15, 0.2) is 5.13 Å². The Hall–Kier alpha value is -1.39. The van der Waals surface area contributed by atoms with Gasteiger partial charge in [0.05, 0.1) is 18.0 Å². The molecular weight excluding hydrogens is 414 g/mol. The van der Waals surface area contributed by atoms with Gasteiger partial charge in [0.2, 0.25) is 15.0 Å². The monoisotopic (exact) mass is 435 g/mol. The predicted octanol–water partition coefficient (Wildman–Crippen LogP) is 2.36. The highest BCUT2D eigenvalue weighted by atomic mass is 35.7. The summed E-state index contributed by atoms with van der Waals surface area (Å²) in [5.74, 6) is -0.719. The molecule has 1 fully saturated rings. The van der Waals surface area contributed by atoms with E-state index < -0.39 is 14.7 Å². The number of anilines is 1. The molecule has 2 aliphatic heterocycles. The minimum absolute atomic E-state index is 0.139. The van der Waals surface area contributed by atoms with Crippen LogP contribution in [0.25, 0.3) is 0 Å². The Morgan fingerprint density at radius 1 is 1.41 bits per heavy atom. The number of hydrogen-bond acceptors (Lipinski definition) is 7. The normalized spacial score (nSPS) is 20.7. The van der Waals surface area contributed by atoms with Crippen LogP contribution in [0.3, 0.4) is 0 Å². The van der Waals surface area contributed by atoms with Crippen molar-refractivity contribution in [2.24, 2.45) is 5.92 Å². The van der Waals surface area contributed by atoms with E-state index in [0.29, 0.717) is 24.6 Å². The number of ether oxygens (including phenoxy) is 1. The largest absolute Gasteiger partial charge is 0.444 e. The van der Waals surface area contributed by atoms with E-state index >= 15 is 0 Å². The maximum absolute atomic E-state index is 12.3. The minimum Gasteiger partial charge on any atom is -0.444 e. The van der Waals surface area contributed by atoms with E-state index in [1.807, 2.05) is 20.8 Å². The van der Waals surface area contributed by atoms with Crippen molar-refractivity contribution >= 4 is 48.2 Å². The van der Waals surface area contributed by atoms with Gasteiger partial charge in [-0.15, -0.1) is 0 Å². The fourth-order valence-corrected chi connectivity index (χ4v) is 5.61. The standard InChI is InChI=1S/C16H22ClN3O5S2/c1-16(2,3)25-15(22)19-5-4-11-12(8-19)26-14(18-11)20-7-10(6-13(20)21)9-27(17,23)24/h10H,4-9H2,1-3H3. The number of carbonyl (C=O) groups is 2.